The first-order valence-corrected chi connectivity index (χ1v) is 13.1. The van der Waals surface area contributed by atoms with Crippen LogP contribution in [-0.4, -0.2) is 49.7 Å². The van der Waals surface area contributed by atoms with E-state index in [9.17, 15) is 4.79 Å². The van der Waals surface area contributed by atoms with Crippen LogP contribution in [0.15, 0.2) is 78.9 Å². The molecule has 0 spiro atoms. The SMILES string of the molecule is COC(=O)c1ccc(Cc2ccc(N(Cc3ccccc3)C3CCN(C(C)CCN)CC3)cc2)cc1. The number of nitrogens with zero attached hydrogens (tertiary/aromatic N) is 2. The smallest absolute Gasteiger partial charge is 0.337 e. The van der Waals surface area contributed by atoms with Crippen molar-refractivity contribution in [1.82, 2.24) is 4.90 Å². The van der Waals surface area contributed by atoms with Crippen LogP contribution in [0.25, 0.3) is 0 Å². The van der Waals surface area contributed by atoms with Gasteiger partial charge in [-0.15, -0.1) is 0 Å². The van der Waals surface area contributed by atoms with E-state index in [-0.39, 0.29) is 5.97 Å². The minimum atomic E-state index is -0.302. The second kappa shape index (κ2) is 12.7. The number of rotatable bonds is 10. The van der Waals surface area contributed by atoms with Gasteiger partial charge < -0.3 is 20.3 Å². The van der Waals surface area contributed by atoms with Crippen LogP contribution in [0.4, 0.5) is 5.69 Å². The van der Waals surface area contributed by atoms with Crippen molar-refractivity contribution >= 4 is 11.7 Å². The Bertz CT molecular complexity index is 1080. The topological polar surface area (TPSA) is 58.8 Å². The minimum Gasteiger partial charge on any atom is -0.465 e. The number of carbonyl (C=O) groups is 1. The van der Waals surface area contributed by atoms with Gasteiger partial charge in [0, 0.05) is 37.4 Å². The molecule has 190 valence electrons. The molecule has 0 saturated carbocycles. The Morgan fingerprint density at radius 2 is 1.56 bits per heavy atom. The predicted octanol–water partition coefficient (Wildman–Crippen LogP) is 5.27. The number of anilines is 1. The Morgan fingerprint density at radius 3 is 2.14 bits per heavy atom. The number of hydrogen-bond donors (Lipinski definition) is 1. The van der Waals surface area contributed by atoms with Crippen molar-refractivity contribution in [2.45, 2.75) is 51.2 Å². The number of nitrogens with two attached hydrogens (primary N) is 1. The summed E-state index contributed by atoms with van der Waals surface area (Å²) in [5, 5.41) is 0. The maximum absolute atomic E-state index is 11.7. The number of ether oxygens (including phenoxy) is 1. The summed E-state index contributed by atoms with van der Waals surface area (Å²) in [5.41, 5.74) is 11.4. The second-order valence-corrected chi connectivity index (χ2v) is 9.84. The Kier molecular flexibility index (Phi) is 9.15. The molecule has 4 rings (SSSR count). The van der Waals surface area contributed by atoms with Gasteiger partial charge in [0.15, 0.2) is 0 Å². The highest BCUT2D eigenvalue weighted by Crippen LogP contribution is 2.28. The van der Waals surface area contributed by atoms with Crippen molar-refractivity contribution in [3.8, 4) is 0 Å². The van der Waals surface area contributed by atoms with Crippen molar-refractivity contribution in [2.75, 3.05) is 31.6 Å². The lowest BCUT2D eigenvalue weighted by Crippen LogP contribution is -2.47. The fourth-order valence-corrected chi connectivity index (χ4v) is 5.19. The molecule has 2 N–H and O–H groups in total. The first-order valence-electron chi connectivity index (χ1n) is 13.1. The van der Waals surface area contributed by atoms with Gasteiger partial charge in [0.2, 0.25) is 0 Å². The van der Waals surface area contributed by atoms with Gasteiger partial charge in [-0.25, -0.2) is 4.79 Å². The first-order chi connectivity index (χ1) is 17.6. The fourth-order valence-electron chi connectivity index (χ4n) is 5.19. The summed E-state index contributed by atoms with van der Waals surface area (Å²) in [6.07, 6.45) is 4.22. The standard InChI is InChI=1S/C31H39N3O2/c1-24(16-19-32)33-20-17-30(18-21-33)34(23-27-6-4-3-5-7-27)29-14-10-26(11-15-29)22-25-8-12-28(13-9-25)31(35)36-2/h3-15,24,30H,16-23,32H2,1-2H3. The van der Waals surface area contributed by atoms with Crippen LogP contribution in [0.3, 0.4) is 0 Å². The van der Waals surface area contributed by atoms with Crippen molar-refractivity contribution in [3.63, 3.8) is 0 Å². The van der Waals surface area contributed by atoms with Crippen LogP contribution in [0.1, 0.15) is 53.2 Å². The molecule has 5 nitrogen and oxygen atoms in total. The molecule has 0 aliphatic carbocycles. The molecule has 3 aromatic carbocycles. The zero-order valence-electron chi connectivity index (χ0n) is 21.6. The van der Waals surface area contributed by atoms with Crippen LogP contribution in [0.5, 0.6) is 0 Å². The van der Waals surface area contributed by atoms with Gasteiger partial charge in [-0.05, 0) is 80.1 Å². The first kappa shape index (κ1) is 25.9. The van der Waals surface area contributed by atoms with Crippen LogP contribution in [0, 0.1) is 0 Å². The summed E-state index contributed by atoms with van der Waals surface area (Å²) in [6, 6.07) is 28.5. The van der Waals surface area contributed by atoms with Gasteiger partial charge >= 0.3 is 5.97 Å². The van der Waals surface area contributed by atoms with Crippen molar-refractivity contribution in [3.05, 3.63) is 101 Å². The summed E-state index contributed by atoms with van der Waals surface area (Å²) < 4.78 is 4.80. The molecule has 36 heavy (non-hydrogen) atoms. The Hall–Kier alpha value is -3.15. The Labute approximate surface area is 215 Å². The maximum atomic E-state index is 11.7. The van der Waals surface area contributed by atoms with Gasteiger partial charge in [0.1, 0.15) is 0 Å². The zero-order chi connectivity index (χ0) is 25.3. The molecular formula is C31H39N3O2. The summed E-state index contributed by atoms with van der Waals surface area (Å²) in [7, 11) is 1.41. The lowest BCUT2D eigenvalue weighted by molar-refractivity contribution is 0.0600. The van der Waals surface area contributed by atoms with Gasteiger partial charge in [-0.3, -0.25) is 0 Å². The number of piperidine rings is 1. The van der Waals surface area contributed by atoms with Crippen molar-refractivity contribution in [2.24, 2.45) is 5.73 Å². The molecule has 0 radical (unpaired) electrons. The van der Waals surface area contributed by atoms with E-state index in [4.69, 9.17) is 10.5 Å². The zero-order valence-corrected chi connectivity index (χ0v) is 21.6. The number of benzene rings is 3. The van der Waals surface area contributed by atoms with E-state index in [1.165, 1.54) is 29.5 Å². The van der Waals surface area contributed by atoms with Gasteiger partial charge in [0.05, 0.1) is 12.7 Å². The van der Waals surface area contributed by atoms with Crippen LogP contribution in [0.2, 0.25) is 0 Å². The third kappa shape index (κ3) is 6.74. The third-order valence-corrected chi connectivity index (χ3v) is 7.39. The Morgan fingerprint density at radius 1 is 0.944 bits per heavy atom. The molecule has 1 aliphatic rings. The van der Waals surface area contributed by atoms with E-state index in [2.05, 4.69) is 71.3 Å². The lowest BCUT2D eigenvalue weighted by atomic mass is 9.98. The van der Waals surface area contributed by atoms with E-state index in [0.717, 1.165) is 51.9 Å². The van der Waals surface area contributed by atoms with E-state index in [1.54, 1.807) is 0 Å². The highest BCUT2D eigenvalue weighted by atomic mass is 16.5. The summed E-state index contributed by atoms with van der Waals surface area (Å²) >= 11 is 0. The van der Waals surface area contributed by atoms with Crippen LogP contribution < -0.4 is 10.6 Å². The van der Waals surface area contributed by atoms with E-state index in [0.29, 0.717) is 17.6 Å². The quantitative estimate of drug-likeness (QED) is 0.396. The second-order valence-electron chi connectivity index (χ2n) is 9.84. The molecule has 0 aromatic heterocycles. The van der Waals surface area contributed by atoms with Gasteiger partial charge in [-0.1, -0.05) is 54.6 Å². The molecule has 5 heteroatoms. The van der Waals surface area contributed by atoms with Crippen molar-refractivity contribution < 1.29 is 9.53 Å². The minimum absolute atomic E-state index is 0.302. The summed E-state index contributed by atoms with van der Waals surface area (Å²) in [6.45, 7) is 6.21. The average molecular weight is 486 g/mol. The number of esters is 1. The molecule has 0 bridgehead atoms. The van der Waals surface area contributed by atoms with E-state index >= 15 is 0 Å². The Balaban J connectivity index is 1.46. The molecule has 1 aliphatic heterocycles. The van der Waals surface area contributed by atoms with Crippen LogP contribution >= 0.6 is 0 Å². The van der Waals surface area contributed by atoms with Gasteiger partial charge in [-0.2, -0.15) is 0 Å². The monoisotopic (exact) mass is 485 g/mol. The van der Waals surface area contributed by atoms with Crippen LogP contribution in [-0.2, 0) is 17.7 Å². The highest BCUT2D eigenvalue weighted by Gasteiger charge is 2.27. The molecule has 1 saturated heterocycles. The number of carbonyl (C=O) groups excluding carboxylic acids is 1. The molecule has 1 unspecified atom stereocenters. The summed E-state index contributed by atoms with van der Waals surface area (Å²) in [5.74, 6) is -0.302. The fraction of sp³-hybridized carbons (Fsp3) is 0.387. The normalized spacial score (nSPS) is 15.4. The summed E-state index contributed by atoms with van der Waals surface area (Å²) in [4.78, 5) is 16.9. The lowest BCUT2D eigenvalue weighted by Gasteiger charge is -2.42. The van der Waals surface area contributed by atoms with Crippen molar-refractivity contribution in [1.29, 1.82) is 0 Å². The van der Waals surface area contributed by atoms with E-state index < -0.39 is 0 Å². The highest BCUT2D eigenvalue weighted by molar-refractivity contribution is 5.89. The number of likely N-dealkylation sites (tertiary alicyclic amines) is 1. The van der Waals surface area contributed by atoms with E-state index in [1.807, 2.05) is 24.3 Å². The predicted molar refractivity (Wildman–Crippen MR) is 147 cm³/mol. The third-order valence-electron chi connectivity index (χ3n) is 7.39. The maximum Gasteiger partial charge on any atom is 0.337 e. The molecule has 1 fully saturated rings. The molecule has 0 amide bonds. The average Bonchev–Trinajstić information content (AvgIpc) is 2.93. The molecule has 3 aromatic rings. The molecule has 1 atom stereocenters. The van der Waals surface area contributed by atoms with Gasteiger partial charge in [0.25, 0.3) is 0 Å². The number of methoxy groups -OCH3 is 1. The number of hydrogen-bond acceptors (Lipinski definition) is 5. The largest absolute Gasteiger partial charge is 0.465 e. The molecular weight excluding hydrogens is 446 g/mol. The molecule has 1 heterocycles.